The summed E-state index contributed by atoms with van der Waals surface area (Å²) in [5.74, 6) is 1.25. The molecule has 2 N–H and O–H groups in total. The predicted octanol–water partition coefficient (Wildman–Crippen LogP) is 1.49. The maximum Gasteiger partial charge on any atom is 0.224 e. The van der Waals surface area contributed by atoms with E-state index in [0.717, 1.165) is 16.8 Å². The summed E-state index contributed by atoms with van der Waals surface area (Å²) in [6.45, 7) is 5.22. The molecule has 19 heavy (non-hydrogen) atoms. The molecule has 1 heterocycles. The maximum absolute atomic E-state index is 11.5. The van der Waals surface area contributed by atoms with E-state index in [4.69, 9.17) is 0 Å². The topological polar surface area (TPSA) is 70.2 Å². The number of anilines is 2. The second-order valence-electron chi connectivity index (χ2n) is 4.29. The van der Waals surface area contributed by atoms with Gasteiger partial charge in [-0.05, 0) is 22.9 Å². The van der Waals surface area contributed by atoms with Gasteiger partial charge in [0.25, 0.3) is 0 Å². The van der Waals surface area contributed by atoms with Crippen molar-refractivity contribution in [3.05, 3.63) is 10.7 Å². The second-order valence-corrected chi connectivity index (χ2v) is 5.15. The standard InChI is InChI=1S/C12H20BrN5O/c1-5-15-12-16-6-9(13)10(17-12)18(4)7-8(2)11(19)14-3/h6,8H,5,7H2,1-4H3,(H,14,19)(H,15,16,17). The van der Waals surface area contributed by atoms with E-state index in [1.165, 1.54) is 0 Å². The molecule has 0 aliphatic carbocycles. The van der Waals surface area contributed by atoms with Gasteiger partial charge in [-0.2, -0.15) is 4.98 Å². The third-order valence-electron chi connectivity index (χ3n) is 2.66. The average Bonchev–Trinajstić information content (AvgIpc) is 2.40. The van der Waals surface area contributed by atoms with Crippen LogP contribution in [0.3, 0.4) is 0 Å². The molecule has 0 radical (unpaired) electrons. The van der Waals surface area contributed by atoms with E-state index >= 15 is 0 Å². The van der Waals surface area contributed by atoms with Crippen molar-refractivity contribution in [1.29, 1.82) is 0 Å². The van der Waals surface area contributed by atoms with E-state index in [1.807, 2.05) is 25.8 Å². The van der Waals surface area contributed by atoms with Crippen molar-refractivity contribution in [2.45, 2.75) is 13.8 Å². The Morgan fingerprint density at radius 3 is 2.84 bits per heavy atom. The van der Waals surface area contributed by atoms with Gasteiger partial charge >= 0.3 is 0 Å². The predicted molar refractivity (Wildman–Crippen MR) is 80.4 cm³/mol. The van der Waals surface area contributed by atoms with E-state index < -0.39 is 0 Å². The number of hydrogen-bond acceptors (Lipinski definition) is 5. The van der Waals surface area contributed by atoms with Crippen molar-refractivity contribution in [2.75, 3.05) is 37.4 Å². The summed E-state index contributed by atoms with van der Waals surface area (Å²) in [6.07, 6.45) is 1.71. The van der Waals surface area contributed by atoms with Crippen LogP contribution in [0.4, 0.5) is 11.8 Å². The number of carbonyl (C=O) groups excluding carboxylic acids is 1. The van der Waals surface area contributed by atoms with Crippen molar-refractivity contribution in [3.63, 3.8) is 0 Å². The SMILES string of the molecule is CCNc1ncc(Br)c(N(C)CC(C)C(=O)NC)n1. The Kier molecular flexibility index (Phi) is 6.01. The van der Waals surface area contributed by atoms with Crippen molar-refractivity contribution in [3.8, 4) is 0 Å². The maximum atomic E-state index is 11.5. The molecule has 1 rings (SSSR count). The van der Waals surface area contributed by atoms with E-state index in [-0.39, 0.29) is 11.8 Å². The lowest BCUT2D eigenvalue weighted by molar-refractivity contribution is -0.123. The van der Waals surface area contributed by atoms with Crippen LogP contribution < -0.4 is 15.5 Å². The molecular formula is C12H20BrN5O. The summed E-state index contributed by atoms with van der Waals surface area (Å²) in [5, 5.41) is 5.71. The van der Waals surface area contributed by atoms with Crippen LogP contribution in [-0.2, 0) is 4.79 Å². The third kappa shape index (κ3) is 4.34. The molecule has 106 valence electrons. The van der Waals surface area contributed by atoms with Crippen LogP contribution in [0.2, 0.25) is 0 Å². The zero-order chi connectivity index (χ0) is 14.4. The smallest absolute Gasteiger partial charge is 0.224 e. The van der Waals surface area contributed by atoms with Gasteiger partial charge in [0, 0.05) is 33.4 Å². The minimum Gasteiger partial charge on any atom is -0.359 e. The molecule has 0 bridgehead atoms. The molecule has 0 saturated carbocycles. The second kappa shape index (κ2) is 7.28. The highest BCUT2D eigenvalue weighted by atomic mass is 79.9. The first kappa shape index (κ1) is 15.7. The molecule has 1 aromatic rings. The molecule has 0 aliphatic rings. The summed E-state index contributed by atoms with van der Waals surface area (Å²) in [7, 11) is 3.55. The fraction of sp³-hybridized carbons (Fsp3) is 0.583. The zero-order valence-electron chi connectivity index (χ0n) is 11.7. The quantitative estimate of drug-likeness (QED) is 0.827. The molecule has 6 nitrogen and oxygen atoms in total. The van der Waals surface area contributed by atoms with Gasteiger partial charge in [0.1, 0.15) is 5.82 Å². The fourth-order valence-electron chi connectivity index (χ4n) is 1.70. The van der Waals surface area contributed by atoms with E-state index in [0.29, 0.717) is 12.5 Å². The number of carbonyl (C=O) groups is 1. The number of halogens is 1. The molecule has 0 saturated heterocycles. The van der Waals surface area contributed by atoms with Crippen LogP contribution in [0.1, 0.15) is 13.8 Å². The van der Waals surface area contributed by atoms with E-state index in [2.05, 4.69) is 36.5 Å². The van der Waals surface area contributed by atoms with Crippen LogP contribution in [0, 0.1) is 5.92 Å². The lowest BCUT2D eigenvalue weighted by Crippen LogP contribution is -2.34. The first-order valence-corrected chi connectivity index (χ1v) is 6.98. The fourth-order valence-corrected chi connectivity index (χ4v) is 2.19. The summed E-state index contributed by atoms with van der Waals surface area (Å²) in [6, 6.07) is 0. The van der Waals surface area contributed by atoms with Gasteiger partial charge < -0.3 is 15.5 Å². The summed E-state index contributed by atoms with van der Waals surface area (Å²) in [4.78, 5) is 22.1. The van der Waals surface area contributed by atoms with Gasteiger partial charge in [-0.1, -0.05) is 6.92 Å². The molecular weight excluding hydrogens is 310 g/mol. The molecule has 1 atom stereocenters. The lowest BCUT2D eigenvalue weighted by Gasteiger charge is -2.22. The number of hydrogen-bond donors (Lipinski definition) is 2. The highest BCUT2D eigenvalue weighted by Crippen LogP contribution is 2.23. The Labute approximate surface area is 122 Å². The van der Waals surface area contributed by atoms with Crippen molar-refractivity contribution < 1.29 is 4.79 Å². The van der Waals surface area contributed by atoms with Crippen LogP contribution >= 0.6 is 15.9 Å². The molecule has 0 aromatic carbocycles. The Bertz CT molecular complexity index is 440. The van der Waals surface area contributed by atoms with Crippen LogP contribution in [-0.4, -0.2) is 43.1 Å². The average molecular weight is 330 g/mol. The van der Waals surface area contributed by atoms with Crippen LogP contribution in [0.25, 0.3) is 0 Å². The number of aromatic nitrogens is 2. The van der Waals surface area contributed by atoms with Crippen molar-refractivity contribution >= 4 is 33.6 Å². The van der Waals surface area contributed by atoms with Crippen LogP contribution in [0.15, 0.2) is 10.7 Å². The van der Waals surface area contributed by atoms with Gasteiger partial charge in [-0.25, -0.2) is 4.98 Å². The van der Waals surface area contributed by atoms with Gasteiger partial charge in [0.15, 0.2) is 0 Å². The van der Waals surface area contributed by atoms with Crippen LogP contribution in [0.5, 0.6) is 0 Å². The molecule has 1 unspecified atom stereocenters. The molecule has 0 fully saturated rings. The van der Waals surface area contributed by atoms with E-state index in [1.54, 1.807) is 13.2 Å². The normalized spacial score (nSPS) is 11.8. The van der Waals surface area contributed by atoms with Crippen molar-refractivity contribution in [1.82, 2.24) is 15.3 Å². The number of rotatable bonds is 6. The molecule has 1 amide bonds. The molecule has 7 heteroatoms. The summed E-state index contributed by atoms with van der Waals surface area (Å²) in [5.41, 5.74) is 0. The number of amides is 1. The minimum absolute atomic E-state index is 0.0175. The molecule has 1 aromatic heterocycles. The summed E-state index contributed by atoms with van der Waals surface area (Å²) >= 11 is 3.43. The van der Waals surface area contributed by atoms with Gasteiger partial charge in [0.05, 0.1) is 10.4 Å². The molecule has 0 spiro atoms. The monoisotopic (exact) mass is 329 g/mol. The Hall–Kier alpha value is -1.37. The lowest BCUT2D eigenvalue weighted by atomic mass is 10.1. The highest BCUT2D eigenvalue weighted by molar-refractivity contribution is 9.10. The molecule has 0 aliphatic heterocycles. The van der Waals surface area contributed by atoms with Gasteiger partial charge in [-0.15, -0.1) is 0 Å². The Morgan fingerprint density at radius 1 is 1.58 bits per heavy atom. The highest BCUT2D eigenvalue weighted by Gasteiger charge is 2.17. The Balaban J connectivity index is 2.83. The zero-order valence-corrected chi connectivity index (χ0v) is 13.3. The number of nitrogens with zero attached hydrogens (tertiary/aromatic N) is 3. The number of nitrogens with one attached hydrogen (secondary N) is 2. The summed E-state index contributed by atoms with van der Waals surface area (Å²) < 4.78 is 0.806. The minimum atomic E-state index is -0.112. The van der Waals surface area contributed by atoms with E-state index in [9.17, 15) is 4.79 Å². The van der Waals surface area contributed by atoms with Crippen molar-refractivity contribution in [2.24, 2.45) is 5.92 Å². The largest absolute Gasteiger partial charge is 0.359 e. The first-order valence-electron chi connectivity index (χ1n) is 6.18. The van der Waals surface area contributed by atoms with Gasteiger partial charge in [-0.3, -0.25) is 4.79 Å². The third-order valence-corrected chi connectivity index (χ3v) is 3.22. The first-order chi connectivity index (χ1) is 8.99. The van der Waals surface area contributed by atoms with Gasteiger partial charge in [0.2, 0.25) is 11.9 Å². The Morgan fingerprint density at radius 2 is 2.26 bits per heavy atom.